The number of aliphatic imine (C=N–C) groups is 1. The molecule has 1 aromatic heterocycles. The monoisotopic (exact) mass is 536 g/mol. The van der Waals surface area contributed by atoms with E-state index in [1.165, 1.54) is 30.8 Å². The summed E-state index contributed by atoms with van der Waals surface area (Å²) in [6.45, 7) is 6.90. The third-order valence-corrected chi connectivity index (χ3v) is 6.68. The fourth-order valence-electron chi connectivity index (χ4n) is 4.15. The predicted molar refractivity (Wildman–Crippen MR) is 132 cm³/mol. The molecule has 0 aromatic carbocycles. The van der Waals surface area contributed by atoms with Crippen LogP contribution in [0.1, 0.15) is 43.0 Å². The third-order valence-electron chi connectivity index (χ3n) is 5.71. The summed E-state index contributed by atoms with van der Waals surface area (Å²) in [6, 6.07) is 4.88. The Morgan fingerprint density at radius 3 is 2.62 bits per heavy atom. The van der Waals surface area contributed by atoms with E-state index >= 15 is 0 Å². The first-order chi connectivity index (χ1) is 13.8. The minimum absolute atomic E-state index is 0. The standard InChI is InChI=1S/C21H36N4O2S.HI/c1-22-21(25-12-8-18(9-13-25)27-15-6-14-26-2)23-17-19(20-7-5-16-28-20)24-10-3-4-11-24;/h5,7,16,18-19H,3-4,6,8-15,17H2,1-2H3,(H,22,23);1H. The summed E-state index contributed by atoms with van der Waals surface area (Å²) in [7, 11) is 3.63. The van der Waals surface area contributed by atoms with Crippen LogP contribution in [0.25, 0.3) is 0 Å². The molecule has 1 unspecified atom stereocenters. The van der Waals surface area contributed by atoms with Crippen LogP contribution in [0.2, 0.25) is 0 Å². The average Bonchev–Trinajstić information content (AvgIpc) is 3.44. The minimum Gasteiger partial charge on any atom is -0.385 e. The zero-order valence-corrected chi connectivity index (χ0v) is 21.0. The molecule has 1 atom stereocenters. The van der Waals surface area contributed by atoms with Gasteiger partial charge in [0.25, 0.3) is 0 Å². The zero-order chi connectivity index (χ0) is 19.6. The van der Waals surface area contributed by atoms with Crippen molar-refractivity contribution in [3.8, 4) is 0 Å². The summed E-state index contributed by atoms with van der Waals surface area (Å²) in [5.74, 6) is 1.03. The summed E-state index contributed by atoms with van der Waals surface area (Å²) in [4.78, 5) is 11.0. The van der Waals surface area contributed by atoms with Gasteiger partial charge in [0.1, 0.15) is 0 Å². The molecule has 0 spiro atoms. The van der Waals surface area contributed by atoms with Crippen LogP contribution in [0.3, 0.4) is 0 Å². The van der Waals surface area contributed by atoms with E-state index in [0.29, 0.717) is 12.1 Å². The van der Waals surface area contributed by atoms with Crippen molar-refractivity contribution >= 4 is 41.3 Å². The van der Waals surface area contributed by atoms with Gasteiger partial charge in [0.2, 0.25) is 0 Å². The Hall–Kier alpha value is -0.420. The predicted octanol–water partition coefficient (Wildman–Crippen LogP) is 3.60. The summed E-state index contributed by atoms with van der Waals surface area (Å²) in [6.07, 6.45) is 6.10. The number of nitrogens with zero attached hydrogens (tertiary/aromatic N) is 3. The van der Waals surface area contributed by atoms with E-state index in [4.69, 9.17) is 9.47 Å². The fourth-order valence-corrected chi connectivity index (χ4v) is 5.01. The van der Waals surface area contributed by atoms with E-state index in [-0.39, 0.29) is 24.0 Å². The SMILES string of the molecule is CN=C(NCC(c1cccs1)N1CCCC1)N1CCC(OCCCOC)CC1.I. The first kappa shape index (κ1) is 24.8. The average molecular weight is 537 g/mol. The highest BCUT2D eigenvalue weighted by molar-refractivity contribution is 14.0. The number of hydrogen-bond donors (Lipinski definition) is 1. The molecule has 1 aromatic rings. The molecule has 3 heterocycles. The molecular weight excluding hydrogens is 499 g/mol. The van der Waals surface area contributed by atoms with Crippen molar-refractivity contribution in [3.05, 3.63) is 22.4 Å². The zero-order valence-electron chi connectivity index (χ0n) is 17.8. The Labute approximate surface area is 197 Å². The lowest BCUT2D eigenvalue weighted by molar-refractivity contribution is 0.00986. The van der Waals surface area contributed by atoms with Crippen LogP contribution in [-0.2, 0) is 9.47 Å². The Kier molecular flexibility index (Phi) is 11.8. The van der Waals surface area contributed by atoms with Crippen molar-refractivity contribution in [2.45, 2.75) is 44.2 Å². The molecule has 29 heavy (non-hydrogen) atoms. The lowest BCUT2D eigenvalue weighted by Crippen LogP contribution is -2.48. The summed E-state index contributed by atoms with van der Waals surface area (Å²) in [5, 5.41) is 5.85. The highest BCUT2D eigenvalue weighted by Crippen LogP contribution is 2.28. The molecule has 0 bridgehead atoms. The van der Waals surface area contributed by atoms with Gasteiger partial charge in [0.05, 0.1) is 12.1 Å². The summed E-state index contributed by atoms with van der Waals surface area (Å²) in [5.41, 5.74) is 0. The number of guanidine groups is 1. The number of ether oxygens (including phenoxy) is 2. The smallest absolute Gasteiger partial charge is 0.193 e. The van der Waals surface area contributed by atoms with E-state index in [1.807, 2.05) is 18.4 Å². The second-order valence-corrected chi connectivity index (χ2v) is 8.59. The number of halogens is 1. The van der Waals surface area contributed by atoms with Crippen LogP contribution in [-0.4, -0.2) is 82.0 Å². The largest absolute Gasteiger partial charge is 0.385 e. The van der Waals surface area contributed by atoms with Gasteiger partial charge in [-0.2, -0.15) is 0 Å². The van der Waals surface area contributed by atoms with Crippen LogP contribution >= 0.6 is 35.3 Å². The van der Waals surface area contributed by atoms with Crippen LogP contribution < -0.4 is 5.32 Å². The molecule has 2 fully saturated rings. The fraction of sp³-hybridized carbons (Fsp3) is 0.762. The molecule has 1 N–H and O–H groups in total. The van der Waals surface area contributed by atoms with E-state index in [1.54, 1.807) is 7.11 Å². The van der Waals surface area contributed by atoms with Crippen molar-refractivity contribution in [2.24, 2.45) is 4.99 Å². The molecule has 0 amide bonds. The molecular formula is C21H37IN4O2S. The second-order valence-electron chi connectivity index (χ2n) is 7.61. The van der Waals surface area contributed by atoms with Gasteiger partial charge >= 0.3 is 0 Å². The number of methoxy groups -OCH3 is 1. The van der Waals surface area contributed by atoms with Crippen LogP contribution in [0.4, 0.5) is 0 Å². The van der Waals surface area contributed by atoms with Crippen molar-refractivity contribution in [1.29, 1.82) is 0 Å². The Morgan fingerprint density at radius 2 is 2.00 bits per heavy atom. The first-order valence-corrected chi connectivity index (χ1v) is 11.5. The van der Waals surface area contributed by atoms with Crippen molar-refractivity contribution in [2.75, 3.05) is 60.1 Å². The van der Waals surface area contributed by atoms with Gasteiger partial charge in [0.15, 0.2) is 5.96 Å². The summed E-state index contributed by atoms with van der Waals surface area (Å²) >= 11 is 1.86. The highest BCUT2D eigenvalue weighted by Gasteiger charge is 2.26. The number of likely N-dealkylation sites (tertiary alicyclic amines) is 2. The molecule has 2 aliphatic rings. The van der Waals surface area contributed by atoms with Gasteiger partial charge in [-0.05, 0) is 56.6 Å². The van der Waals surface area contributed by atoms with Crippen molar-refractivity contribution in [1.82, 2.24) is 15.1 Å². The van der Waals surface area contributed by atoms with Gasteiger partial charge in [0, 0.05) is 51.9 Å². The molecule has 2 saturated heterocycles. The Bertz CT molecular complexity index is 573. The van der Waals surface area contributed by atoms with Crippen LogP contribution in [0.15, 0.2) is 22.5 Å². The highest BCUT2D eigenvalue weighted by atomic mass is 127. The van der Waals surface area contributed by atoms with E-state index in [9.17, 15) is 0 Å². The number of hydrogen-bond acceptors (Lipinski definition) is 5. The molecule has 3 rings (SSSR count). The van der Waals surface area contributed by atoms with Gasteiger partial charge in [-0.3, -0.25) is 9.89 Å². The number of nitrogens with one attached hydrogen (secondary N) is 1. The van der Waals surface area contributed by atoms with Gasteiger partial charge < -0.3 is 19.7 Å². The molecule has 0 aliphatic carbocycles. The van der Waals surface area contributed by atoms with Gasteiger partial charge in [-0.1, -0.05) is 6.07 Å². The van der Waals surface area contributed by atoms with E-state index in [0.717, 1.165) is 58.1 Å². The molecule has 0 saturated carbocycles. The van der Waals surface area contributed by atoms with Crippen LogP contribution in [0, 0.1) is 0 Å². The Balaban J connectivity index is 0.00000300. The van der Waals surface area contributed by atoms with Gasteiger partial charge in [-0.25, -0.2) is 0 Å². The molecule has 0 radical (unpaired) electrons. The number of piperidine rings is 1. The lowest BCUT2D eigenvalue weighted by Gasteiger charge is -2.35. The first-order valence-electron chi connectivity index (χ1n) is 10.7. The quantitative estimate of drug-likeness (QED) is 0.226. The molecule has 6 nitrogen and oxygen atoms in total. The number of rotatable bonds is 9. The molecule has 8 heteroatoms. The molecule has 2 aliphatic heterocycles. The molecule has 166 valence electrons. The van der Waals surface area contributed by atoms with Crippen LogP contribution in [0.5, 0.6) is 0 Å². The lowest BCUT2D eigenvalue weighted by atomic mass is 10.1. The second kappa shape index (κ2) is 13.8. The maximum absolute atomic E-state index is 5.99. The van der Waals surface area contributed by atoms with Gasteiger partial charge in [-0.15, -0.1) is 35.3 Å². The number of thiophene rings is 1. The van der Waals surface area contributed by atoms with E-state index in [2.05, 4.69) is 37.6 Å². The topological polar surface area (TPSA) is 49.3 Å². The maximum Gasteiger partial charge on any atom is 0.193 e. The third kappa shape index (κ3) is 7.65. The minimum atomic E-state index is 0. The summed E-state index contributed by atoms with van der Waals surface area (Å²) < 4.78 is 11.1. The van der Waals surface area contributed by atoms with Crippen molar-refractivity contribution in [3.63, 3.8) is 0 Å². The maximum atomic E-state index is 5.99. The van der Waals surface area contributed by atoms with Crippen molar-refractivity contribution < 1.29 is 9.47 Å². The Morgan fingerprint density at radius 1 is 1.24 bits per heavy atom. The van der Waals surface area contributed by atoms with E-state index < -0.39 is 0 Å². The normalized spacial score (nSPS) is 19.9.